The Bertz CT molecular complexity index is 2660. The summed E-state index contributed by atoms with van der Waals surface area (Å²) in [5.74, 6) is 2.23. The van der Waals surface area contributed by atoms with Crippen molar-refractivity contribution in [3.63, 3.8) is 0 Å². The minimum absolute atomic E-state index is 0.0509. The van der Waals surface area contributed by atoms with Gasteiger partial charge in [0.15, 0.2) is 7.28 Å². The second kappa shape index (κ2) is 13.3. The van der Waals surface area contributed by atoms with Crippen LogP contribution in [0.5, 0.6) is 0 Å². The lowest BCUT2D eigenvalue weighted by atomic mass is 9.59. The molecule has 6 aromatic carbocycles. The van der Waals surface area contributed by atoms with Gasteiger partial charge in [-0.2, -0.15) is 0 Å². The number of hydrogen-bond acceptors (Lipinski definition) is 4. The molecule has 0 saturated carbocycles. The molecule has 289 valence electrons. The van der Waals surface area contributed by atoms with E-state index in [9.17, 15) is 0 Å². The van der Waals surface area contributed by atoms with E-state index in [1.807, 2.05) is 0 Å². The lowest BCUT2D eigenvalue weighted by Crippen LogP contribution is -2.52. The maximum Gasteiger partial charge on any atom is 0.247 e. The maximum atomic E-state index is 5.02. The molecule has 0 fully saturated rings. The molecule has 2 N–H and O–H groups in total. The van der Waals surface area contributed by atoms with E-state index in [0.717, 1.165) is 22.9 Å². The summed E-state index contributed by atoms with van der Waals surface area (Å²) in [6.07, 6.45) is 0. The fourth-order valence-electron chi connectivity index (χ4n) is 9.42. The molecular weight excluding hydrogens is 705 g/mol. The summed E-state index contributed by atoms with van der Waals surface area (Å²) in [4.78, 5) is 7.40. The number of nitrogens with one attached hydrogen (secondary N) is 2. The van der Waals surface area contributed by atoms with Gasteiger partial charge in [0.05, 0.1) is 11.1 Å². The molecule has 1 radical (unpaired) electrons. The molecule has 0 aliphatic carbocycles. The van der Waals surface area contributed by atoms with Gasteiger partial charge in [-0.1, -0.05) is 95.9 Å². The minimum atomic E-state index is -0.175. The van der Waals surface area contributed by atoms with Crippen LogP contribution in [-0.4, -0.2) is 45.7 Å². The number of hydrogen-bond donors (Lipinski definition) is 2. The molecule has 9 rings (SSSR count). The Kier molecular flexibility index (Phi) is 8.67. The molecule has 3 aliphatic rings. The standard InChI is InChI=1S/C52H53BN5/c1-33-55-49(3,4)51(7,8)57(33)39-25-19-35(20-26-39)37-23-29-47-43(31-37)41-15-11-13-17-45(41)53-46-18-14-12-16-42(46)44-32-38(24-30-48(44)54-47)36-21-27-40(28-22-36)58-34(2)56-50(5,6)52(58,9)10/h11-32,54H,1-10H3/p+1. The number of anilines is 3. The van der Waals surface area contributed by atoms with E-state index < -0.39 is 0 Å². The summed E-state index contributed by atoms with van der Waals surface area (Å²) in [5, 5.41) is 7.65. The van der Waals surface area contributed by atoms with Crippen molar-refractivity contribution in [2.24, 2.45) is 4.99 Å². The van der Waals surface area contributed by atoms with Crippen LogP contribution in [0, 0.1) is 0 Å². The van der Waals surface area contributed by atoms with Crippen LogP contribution in [0.2, 0.25) is 0 Å². The fraction of sp³-hybridized carbons (Fsp3) is 0.269. The van der Waals surface area contributed by atoms with Gasteiger partial charge in [-0.25, -0.2) is 4.58 Å². The summed E-state index contributed by atoms with van der Waals surface area (Å²) in [6.45, 7) is 22.5. The number of aliphatic imine (C=N–C) groups is 1. The Morgan fingerprint density at radius 3 is 1.50 bits per heavy atom. The van der Waals surface area contributed by atoms with Crippen molar-refractivity contribution in [2.75, 3.05) is 10.2 Å². The van der Waals surface area contributed by atoms with Gasteiger partial charge in [0.2, 0.25) is 5.84 Å². The first kappa shape index (κ1) is 37.7. The summed E-state index contributed by atoms with van der Waals surface area (Å²) in [5.41, 5.74) is 15.9. The van der Waals surface area contributed by atoms with Crippen molar-refractivity contribution in [3.8, 4) is 44.5 Å². The second-order valence-corrected chi connectivity index (χ2v) is 18.4. The van der Waals surface area contributed by atoms with Gasteiger partial charge in [-0.05, 0) is 144 Å². The Balaban J connectivity index is 1.11. The largest absolute Gasteiger partial charge is 0.355 e. The summed E-state index contributed by atoms with van der Waals surface area (Å²) in [6, 6.07) is 49.3. The number of rotatable bonds is 4. The van der Waals surface area contributed by atoms with Crippen LogP contribution in [0.15, 0.2) is 138 Å². The Morgan fingerprint density at radius 2 is 1.03 bits per heavy atom. The third kappa shape index (κ3) is 5.99. The van der Waals surface area contributed by atoms with Gasteiger partial charge in [0, 0.05) is 35.1 Å². The van der Waals surface area contributed by atoms with Crippen LogP contribution in [0.25, 0.3) is 44.5 Å². The van der Waals surface area contributed by atoms with Gasteiger partial charge >= 0.3 is 0 Å². The molecule has 0 bridgehead atoms. The molecule has 3 heterocycles. The van der Waals surface area contributed by atoms with E-state index in [-0.39, 0.29) is 22.2 Å². The van der Waals surface area contributed by atoms with Gasteiger partial charge in [0.1, 0.15) is 22.6 Å². The zero-order chi connectivity index (χ0) is 40.8. The average molecular weight is 760 g/mol. The van der Waals surface area contributed by atoms with E-state index in [1.54, 1.807) is 0 Å². The van der Waals surface area contributed by atoms with E-state index in [0.29, 0.717) is 0 Å². The highest BCUT2D eigenvalue weighted by atomic mass is 15.3. The van der Waals surface area contributed by atoms with Gasteiger partial charge < -0.3 is 10.2 Å². The van der Waals surface area contributed by atoms with Crippen LogP contribution < -0.4 is 26.5 Å². The first-order valence-corrected chi connectivity index (χ1v) is 20.6. The molecular formula is C52H54BN5+. The second-order valence-electron chi connectivity index (χ2n) is 18.4. The SMILES string of the molecule is CC1=NC(C)(C)C(C)(C)N1c1ccc(-c2ccc3c(c2)-c2ccccc2[B]c2ccccc2-c2cc(-c4ccc([N+]5=C(C)NC(C)(C)C5(C)C)cc4)ccc2N3)cc1. The third-order valence-electron chi connectivity index (χ3n) is 13.8. The molecule has 6 heteroatoms. The van der Waals surface area contributed by atoms with Crippen molar-refractivity contribution >= 4 is 52.6 Å². The zero-order valence-corrected chi connectivity index (χ0v) is 35.6. The first-order chi connectivity index (χ1) is 27.6. The van der Waals surface area contributed by atoms with E-state index in [4.69, 9.17) is 4.99 Å². The quantitative estimate of drug-likeness (QED) is 0.139. The van der Waals surface area contributed by atoms with Crippen molar-refractivity contribution in [1.29, 1.82) is 0 Å². The molecule has 58 heavy (non-hydrogen) atoms. The molecule has 0 saturated heterocycles. The van der Waals surface area contributed by atoms with E-state index in [2.05, 4.69) is 230 Å². The zero-order valence-electron chi connectivity index (χ0n) is 35.6. The van der Waals surface area contributed by atoms with Crippen molar-refractivity contribution in [1.82, 2.24) is 5.32 Å². The topological polar surface area (TPSA) is 42.7 Å². The third-order valence-corrected chi connectivity index (χ3v) is 13.8. The van der Waals surface area contributed by atoms with Gasteiger partial charge in [0.25, 0.3) is 0 Å². The van der Waals surface area contributed by atoms with Crippen LogP contribution in [0.3, 0.4) is 0 Å². The van der Waals surface area contributed by atoms with Crippen LogP contribution in [-0.2, 0) is 0 Å². The molecule has 0 atom stereocenters. The monoisotopic (exact) mass is 759 g/mol. The van der Waals surface area contributed by atoms with Crippen LogP contribution >= 0.6 is 0 Å². The predicted molar refractivity (Wildman–Crippen MR) is 249 cm³/mol. The summed E-state index contributed by atoms with van der Waals surface area (Å²) >= 11 is 0. The fourth-order valence-corrected chi connectivity index (χ4v) is 9.42. The average Bonchev–Trinajstić information content (AvgIpc) is 3.46. The van der Waals surface area contributed by atoms with Crippen LogP contribution in [0.1, 0.15) is 69.2 Å². The molecule has 6 aromatic rings. The Hall–Kier alpha value is -5.88. The summed E-state index contributed by atoms with van der Waals surface area (Å²) in [7, 11) is 2.35. The van der Waals surface area contributed by atoms with Crippen molar-refractivity contribution in [3.05, 3.63) is 133 Å². The molecule has 0 unspecified atom stereocenters. The lowest BCUT2D eigenvalue weighted by molar-refractivity contribution is -0.524. The lowest BCUT2D eigenvalue weighted by Gasteiger charge is -2.41. The predicted octanol–water partition coefficient (Wildman–Crippen LogP) is 11.1. The Morgan fingerprint density at radius 1 is 0.552 bits per heavy atom. The van der Waals surface area contributed by atoms with Crippen LogP contribution in [0.4, 0.5) is 22.7 Å². The molecule has 0 amide bonds. The minimum Gasteiger partial charge on any atom is -0.355 e. The first-order valence-electron chi connectivity index (χ1n) is 20.6. The Labute approximate surface area is 345 Å². The van der Waals surface area contributed by atoms with Crippen molar-refractivity contribution in [2.45, 2.75) is 91.4 Å². The van der Waals surface area contributed by atoms with Crippen molar-refractivity contribution < 1.29 is 4.58 Å². The van der Waals surface area contributed by atoms with E-state index in [1.165, 1.54) is 67.0 Å². The molecule has 5 nitrogen and oxygen atoms in total. The maximum absolute atomic E-state index is 5.02. The highest BCUT2D eigenvalue weighted by Gasteiger charge is 2.53. The smallest absolute Gasteiger partial charge is 0.247 e. The van der Waals surface area contributed by atoms with Gasteiger partial charge in [-0.3, -0.25) is 10.3 Å². The molecule has 0 spiro atoms. The highest BCUT2D eigenvalue weighted by molar-refractivity contribution is 6.70. The number of benzene rings is 6. The van der Waals surface area contributed by atoms with Gasteiger partial charge in [-0.15, -0.1) is 0 Å². The van der Waals surface area contributed by atoms with E-state index >= 15 is 0 Å². The normalized spacial score (nSPS) is 18.1. The number of fused-ring (bicyclic) bond motifs is 6. The highest BCUT2D eigenvalue weighted by Crippen LogP contribution is 2.43. The summed E-state index contributed by atoms with van der Waals surface area (Å²) < 4.78 is 2.43. The number of nitrogens with zero attached hydrogens (tertiary/aromatic N) is 3. The molecule has 3 aliphatic heterocycles. The number of amidine groups is 2. The molecule has 0 aromatic heterocycles.